The standard InChI is InChI=1S/C27H30N4O4/c1-4-35-24-11-7-22(8-12-24)25-13-14-26(33)31(28-25)19(2)27(34)30-17-15-29(16-18-30)23-9-5-21(6-10-23)20(3)32/h5-14,19H,4,15-18H2,1-3H3. The van der Waals surface area contributed by atoms with Gasteiger partial charge in [-0.15, -0.1) is 0 Å². The molecular formula is C27H30N4O4. The van der Waals surface area contributed by atoms with Crippen molar-refractivity contribution in [3.63, 3.8) is 0 Å². The normalized spacial score (nSPS) is 14.5. The molecule has 0 aliphatic carbocycles. The molecule has 35 heavy (non-hydrogen) atoms. The number of aromatic nitrogens is 2. The number of hydrogen-bond donors (Lipinski definition) is 0. The monoisotopic (exact) mass is 474 g/mol. The van der Waals surface area contributed by atoms with Crippen LogP contribution in [-0.4, -0.2) is 59.2 Å². The van der Waals surface area contributed by atoms with Gasteiger partial charge in [-0.1, -0.05) is 0 Å². The molecule has 1 aliphatic rings. The molecule has 2 aromatic carbocycles. The summed E-state index contributed by atoms with van der Waals surface area (Å²) in [4.78, 5) is 41.3. The Morgan fingerprint density at radius 1 is 0.943 bits per heavy atom. The van der Waals surface area contributed by atoms with Crippen molar-refractivity contribution in [2.75, 3.05) is 37.7 Å². The number of nitrogens with zero attached hydrogens (tertiary/aromatic N) is 4. The third-order valence-corrected chi connectivity index (χ3v) is 6.24. The van der Waals surface area contributed by atoms with Gasteiger partial charge in [-0.2, -0.15) is 5.10 Å². The van der Waals surface area contributed by atoms with E-state index in [-0.39, 0.29) is 17.2 Å². The van der Waals surface area contributed by atoms with Crippen LogP contribution in [0.25, 0.3) is 11.3 Å². The number of benzene rings is 2. The Balaban J connectivity index is 1.43. The van der Waals surface area contributed by atoms with Crippen molar-refractivity contribution in [1.29, 1.82) is 0 Å². The number of rotatable bonds is 7. The molecule has 3 aromatic rings. The number of hydrogen-bond acceptors (Lipinski definition) is 6. The lowest BCUT2D eigenvalue weighted by molar-refractivity contribution is -0.135. The van der Waals surface area contributed by atoms with Crippen LogP contribution >= 0.6 is 0 Å². The van der Waals surface area contributed by atoms with Gasteiger partial charge < -0.3 is 14.5 Å². The minimum atomic E-state index is -0.716. The molecule has 1 aliphatic heterocycles. The van der Waals surface area contributed by atoms with Gasteiger partial charge in [0.1, 0.15) is 11.8 Å². The quantitative estimate of drug-likeness (QED) is 0.488. The molecule has 8 nitrogen and oxygen atoms in total. The summed E-state index contributed by atoms with van der Waals surface area (Å²) in [6, 6.07) is 17.4. The second kappa shape index (κ2) is 10.5. The summed E-state index contributed by atoms with van der Waals surface area (Å²) < 4.78 is 6.75. The fourth-order valence-corrected chi connectivity index (χ4v) is 4.21. The van der Waals surface area contributed by atoms with E-state index < -0.39 is 6.04 Å². The molecule has 0 bridgehead atoms. The van der Waals surface area contributed by atoms with Gasteiger partial charge in [0, 0.05) is 49.1 Å². The highest BCUT2D eigenvalue weighted by Gasteiger charge is 2.27. The molecule has 0 spiro atoms. The van der Waals surface area contributed by atoms with Crippen LogP contribution in [0, 0.1) is 0 Å². The van der Waals surface area contributed by atoms with Crippen molar-refractivity contribution < 1.29 is 14.3 Å². The number of ketones is 1. The highest BCUT2D eigenvalue weighted by Crippen LogP contribution is 2.22. The molecule has 0 N–H and O–H groups in total. The summed E-state index contributed by atoms with van der Waals surface area (Å²) in [5.74, 6) is 0.675. The highest BCUT2D eigenvalue weighted by atomic mass is 16.5. The molecule has 4 rings (SSSR count). The van der Waals surface area contributed by atoms with E-state index in [9.17, 15) is 14.4 Å². The maximum atomic E-state index is 13.2. The van der Waals surface area contributed by atoms with E-state index in [4.69, 9.17) is 4.74 Å². The molecule has 2 heterocycles. The van der Waals surface area contributed by atoms with Crippen molar-refractivity contribution in [1.82, 2.24) is 14.7 Å². The largest absolute Gasteiger partial charge is 0.494 e. The maximum absolute atomic E-state index is 13.2. The number of anilines is 1. The first-order chi connectivity index (χ1) is 16.9. The van der Waals surface area contributed by atoms with Crippen molar-refractivity contribution in [3.8, 4) is 17.0 Å². The summed E-state index contributed by atoms with van der Waals surface area (Å²) in [6.07, 6.45) is 0. The molecule has 0 radical (unpaired) electrons. The van der Waals surface area contributed by atoms with Gasteiger partial charge in [0.15, 0.2) is 5.78 Å². The zero-order chi connectivity index (χ0) is 24.9. The van der Waals surface area contributed by atoms with Gasteiger partial charge >= 0.3 is 0 Å². The minimum Gasteiger partial charge on any atom is -0.494 e. The SMILES string of the molecule is CCOc1ccc(-c2ccc(=O)n(C(C)C(=O)N3CCN(c4ccc(C(C)=O)cc4)CC3)n2)cc1. The summed E-state index contributed by atoms with van der Waals surface area (Å²) in [6.45, 7) is 8.22. The smallest absolute Gasteiger partial charge is 0.267 e. The summed E-state index contributed by atoms with van der Waals surface area (Å²) in [5, 5.41) is 4.50. The van der Waals surface area contributed by atoms with Crippen molar-refractivity contribution in [2.45, 2.75) is 26.8 Å². The molecule has 1 unspecified atom stereocenters. The Kier molecular flexibility index (Phi) is 7.29. The first-order valence-corrected chi connectivity index (χ1v) is 11.8. The van der Waals surface area contributed by atoms with E-state index in [2.05, 4.69) is 10.00 Å². The van der Waals surface area contributed by atoms with Gasteiger partial charge in [0.05, 0.1) is 12.3 Å². The van der Waals surface area contributed by atoms with Crippen LogP contribution in [0.1, 0.15) is 37.2 Å². The molecule has 1 fully saturated rings. The van der Waals surface area contributed by atoms with Crippen molar-refractivity contribution >= 4 is 17.4 Å². The summed E-state index contributed by atoms with van der Waals surface area (Å²) in [7, 11) is 0. The Labute approximate surface area is 204 Å². The lowest BCUT2D eigenvalue weighted by Gasteiger charge is -2.37. The fraction of sp³-hybridized carbons (Fsp3) is 0.333. The van der Waals surface area contributed by atoms with Gasteiger partial charge in [0.2, 0.25) is 5.91 Å². The third kappa shape index (κ3) is 5.42. The third-order valence-electron chi connectivity index (χ3n) is 6.24. The van der Waals surface area contributed by atoms with Crippen LogP contribution in [0.5, 0.6) is 5.75 Å². The predicted molar refractivity (Wildman–Crippen MR) is 135 cm³/mol. The van der Waals surface area contributed by atoms with E-state index in [1.807, 2.05) is 55.5 Å². The zero-order valence-electron chi connectivity index (χ0n) is 20.3. The first kappa shape index (κ1) is 24.2. The summed E-state index contributed by atoms with van der Waals surface area (Å²) in [5.41, 5.74) is 2.85. The molecular weight excluding hydrogens is 444 g/mol. The van der Waals surface area contributed by atoms with Gasteiger partial charge in [-0.25, -0.2) is 4.68 Å². The molecule has 1 aromatic heterocycles. The predicted octanol–water partition coefficient (Wildman–Crippen LogP) is 3.42. The number of Topliss-reactive ketones (excluding diaryl/α,β-unsaturated/α-hetero) is 1. The topological polar surface area (TPSA) is 84.7 Å². The second-order valence-electron chi connectivity index (χ2n) is 8.55. The lowest BCUT2D eigenvalue weighted by atomic mass is 10.1. The van der Waals surface area contributed by atoms with Crippen LogP contribution in [0.2, 0.25) is 0 Å². The molecule has 182 valence electrons. The average molecular weight is 475 g/mol. The molecule has 8 heteroatoms. The average Bonchev–Trinajstić information content (AvgIpc) is 2.89. The van der Waals surface area contributed by atoms with Crippen LogP contribution in [0.4, 0.5) is 5.69 Å². The van der Waals surface area contributed by atoms with E-state index in [0.717, 1.165) is 17.0 Å². The van der Waals surface area contributed by atoms with Crippen molar-refractivity contribution in [3.05, 3.63) is 76.6 Å². The molecule has 1 saturated heterocycles. The maximum Gasteiger partial charge on any atom is 0.267 e. The highest BCUT2D eigenvalue weighted by molar-refractivity contribution is 5.94. The van der Waals surface area contributed by atoms with E-state index in [1.54, 1.807) is 24.8 Å². The zero-order valence-corrected chi connectivity index (χ0v) is 20.3. The number of carbonyl (C=O) groups excluding carboxylic acids is 2. The van der Waals surface area contributed by atoms with E-state index >= 15 is 0 Å². The Hall–Kier alpha value is -3.94. The molecule has 1 amide bonds. The Morgan fingerprint density at radius 2 is 1.60 bits per heavy atom. The van der Waals surface area contributed by atoms with Crippen LogP contribution in [0.15, 0.2) is 65.5 Å². The number of piperazine rings is 1. The van der Waals surface area contributed by atoms with Crippen LogP contribution in [-0.2, 0) is 4.79 Å². The van der Waals surface area contributed by atoms with Crippen LogP contribution < -0.4 is 15.2 Å². The number of ether oxygens (including phenoxy) is 1. The van der Waals surface area contributed by atoms with Gasteiger partial charge in [-0.3, -0.25) is 14.4 Å². The summed E-state index contributed by atoms with van der Waals surface area (Å²) >= 11 is 0. The van der Waals surface area contributed by atoms with Crippen molar-refractivity contribution in [2.24, 2.45) is 0 Å². The van der Waals surface area contributed by atoms with Gasteiger partial charge in [-0.05, 0) is 75.4 Å². The second-order valence-corrected chi connectivity index (χ2v) is 8.55. The number of carbonyl (C=O) groups is 2. The fourth-order valence-electron chi connectivity index (χ4n) is 4.21. The van der Waals surface area contributed by atoms with E-state index in [1.165, 1.54) is 10.7 Å². The first-order valence-electron chi connectivity index (χ1n) is 11.8. The van der Waals surface area contributed by atoms with Crippen LogP contribution in [0.3, 0.4) is 0 Å². The minimum absolute atomic E-state index is 0.0383. The van der Waals surface area contributed by atoms with E-state index in [0.29, 0.717) is 44.0 Å². The molecule has 1 atom stereocenters. The molecule has 0 saturated carbocycles. The Morgan fingerprint density at radius 3 is 2.20 bits per heavy atom. The van der Waals surface area contributed by atoms with Gasteiger partial charge in [0.25, 0.3) is 5.56 Å². The number of amides is 1. The Bertz CT molecular complexity index is 1240. The lowest BCUT2D eigenvalue weighted by Crippen LogP contribution is -2.51.